The molecule has 0 unspecified atom stereocenters. The quantitative estimate of drug-likeness (QED) is 0.772. The Bertz CT molecular complexity index is 654. The zero-order valence-corrected chi connectivity index (χ0v) is 11.7. The third kappa shape index (κ3) is 2.57. The highest BCUT2D eigenvalue weighted by Gasteiger charge is 2.18. The van der Waals surface area contributed by atoms with E-state index in [9.17, 15) is 4.79 Å². The van der Waals surface area contributed by atoms with Crippen LogP contribution in [0.15, 0.2) is 71.4 Å². The van der Waals surface area contributed by atoms with Crippen molar-refractivity contribution >= 4 is 11.4 Å². The number of Topliss-reactive ketones (excluding diaryl/α,β-unsaturated/α-hetero) is 1. The molecule has 0 bridgehead atoms. The molecule has 0 aliphatic heterocycles. The molecule has 0 amide bonds. The lowest BCUT2D eigenvalue weighted by molar-refractivity contribution is -0.116. The van der Waals surface area contributed by atoms with Crippen LogP contribution in [0.25, 0.3) is 5.57 Å². The van der Waals surface area contributed by atoms with Crippen molar-refractivity contribution in [3.8, 4) is 0 Å². The maximum Gasteiger partial charge on any atom is 0.134 e. The summed E-state index contributed by atoms with van der Waals surface area (Å²) in [5.41, 5.74) is 6.37. The minimum absolute atomic E-state index is 0.235. The lowest BCUT2D eigenvalue weighted by Gasteiger charge is -2.08. The molecule has 0 aromatic heterocycles. The van der Waals surface area contributed by atoms with E-state index >= 15 is 0 Å². The maximum absolute atomic E-state index is 11.3. The first-order valence-corrected chi connectivity index (χ1v) is 7.09. The molecule has 0 radical (unpaired) electrons. The third-order valence-corrected chi connectivity index (χ3v) is 3.80. The Morgan fingerprint density at radius 3 is 2.65 bits per heavy atom. The van der Waals surface area contributed by atoms with Crippen LogP contribution in [0, 0.1) is 0 Å². The van der Waals surface area contributed by atoms with Gasteiger partial charge in [0.2, 0.25) is 0 Å². The van der Waals surface area contributed by atoms with E-state index in [4.69, 9.17) is 0 Å². The smallest absolute Gasteiger partial charge is 0.134 e. The fraction of sp³-hybridized carbons (Fsp3) is 0.211. The molecule has 20 heavy (non-hydrogen) atoms. The van der Waals surface area contributed by atoms with Crippen molar-refractivity contribution in [2.45, 2.75) is 26.2 Å². The van der Waals surface area contributed by atoms with Gasteiger partial charge in [0.25, 0.3) is 0 Å². The molecule has 2 aliphatic carbocycles. The third-order valence-electron chi connectivity index (χ3n) is 3.80. The molecule has 0 spiro atoms. The summed E-state index contributed by atoms with van der Waals surface area (Å²) in [4.78, 5) is 11.3. The molecule has 0 saturated carbocycles. The molecule has 0 N–H and O–H groups in total. The number of carbonyl (C=O) groups is 1. The predicted octanol–water partition coefficient (Wildman–Crippen LogP) is 4.64. The molecular weight excluding hydrogens is 244 g/mol. The molecular formula is C19H18O. The van der Waals surface area contributed by atoms with Crippen LogP contribution < -0.4 is 0 Å². The highest BCUT2D eigenvalue weighted by Crippen LogP contribution is 2.36. The Labute approximate surface area is 120 Å². The van der Waals surface area contributed by atoms with Crippen LogP contribution >= 0.6 is 0 Å². The number of hydrogen-bond donors (Lipinski definition) is 0. The number of allylic oxidation sites excluding steroid dienone is 8. The summed E-state index contributed by atoms with van der Waals surface area (Å²) in [7, 11) is 0. The normalized spacial score (nSPS) is 17.4. The van der Waals surface area contributed by atoms with Gasteiger partial charge in [0.1, 0.15) is 5.78 Å². The Kier molecular flexibility index (Phi) is 3.51. The first kappa shape index (κ1) is 12.9. The molecule has 100 valence electrons. The Morgan fingerprint density at radius 2 is 1.90 bits per heavy atom. The van der Waals surface area contributed by atoms with Gasteiger partial charge < -0.3 is 0 Å². The summed E-state index contributed by atoms with van der Waals surface area (Å²) in [6, 6.07) is 10.5. The number of ketones is 1. The Morgan fingerprint density at radius 1 is 1.10 bits per heavy atom. The second kappa shape index (κ2) is 5.46. The van der Waals surface area contributed by atoms with Crippen molar-refractivity contribution < 1.29 is 4.79 Å². The standard InChI is InChI=1S/C19H18O/c1-14(20)12-17-8-5-9-19(17)18-11-10-16(13-18)15-6-3-2-4-7-15/h2-4,6-10,13H,5,11-12H2,1H3. The summed E-state index contributed by atoms with van der Waals surface area (Å²) >= 11 is 0. The molecule has 0 heterocycles. The van der Waals surface area contributed by atoms with E-state index in [0.717, 1.165) is 12.8 Å². The molecule has 1 aromatic rings. The minimum Gasteiger partial charge on any atom is -0.300 e. The molecule has 0 atom stereocenters. The monoisotopic (exact) mass is 262 g/mol. The van der Waals surface area contributed by atoms with Crippen LogP contribution in [-0.2, 0) is 4.79 Å². The average Bonchev–Trinajstić information content (AvgIpc) is 3.07. The first-order chi connectivity index (χ1) is 9.74. The van der Waals surface area contributed by atoms with Crippen molar-refractivity contribution in [1.82, 2.24) is 0 Å². The summed E-state index contributed by atoms with van der Waals surface area (Å²) < 4.78 is 0. The van der Waals surface area contributed by atoms with Crippen LogP contribution in [0.2, 0.25) is 0 Å². The van der Waals surface area contributed by atoms with E-state index in [1.165, 1.54) is 27.9 Å². The largest absolute Gasteiger partial charge is 0.300 e. The fourth-order valence-electron chi connectivity index (χ4n) is 2.88. The molecule has 2 aliphatic rings. The fourth-order valence-corrected chi connectivity index (χ4v) is 2.88. The number of rotatable bonds is 4. The predicted molar refractivity (Wildman–Crippen MR) is 83.2 cm³/mol. The number of hydrogen-bond acceptors (Lipinski definition) is 1. The Balaban J connectivity index is 1.81. The molecule has 1 nitrogen and oxygen atoms in total. The molecule has 0 saturated heterocycles. The van der Waals surface area contributed by atoms with E-state index < -0.39 is 0 Å². The van der Waals surface area contributed by atoms with E-state index in [1.807, 2.05) is 6.07 Å². The van der Waals surface area contributed by atoms with Crippen LogP contribution in [0.1, 0.15) is 31.7 Å². The first-order valence-electron chi connectivity index (χ1n) is 7.09. The van der Waals surface area contributed by atoms with E-state index in [0.29, 0.717) is 6.42 Å². The van der Waals surface area contributed by atoms with E-state index in [-0.39, 0.29) is 5.78 Å². The van der Waals surface area contributed by atoms with Gasteiger partial charge in [-0.1, -0.05) is 54.6 Å². The second-order valence-electron chi connectivity index (χ2n) is 5.36. The van der Waals surface area contributed by atoms with Crippen molar-refractivity contribution in [3.05, 3.63) is 76.9 Å². The number of benzene rings is 1. The minimum atomic E-state index is 0.235. The van der Waals surface area contributed by atoms with Crippen molar-refractivity contribution in [1.29, 1.82) is 0 Å². The van der Waals surface area contributed by atoms with Crippen LogP contribution in [0.4, 0.5) is 0 Å². The van der Waals surface area contributed by atoms with Crippen molar-refractivity contribution in [2.75, 3.05) is 0 Å². The molecule has 0 fully saturated rings. The lowest BCUT2D eigenvalue weighted by atomic mass is 9.96. The van der Waals surface area contributed by atoms with Gasteiger partial charge in [0, 0.05) is 6.42 Å². The van der Waals surface area contributed by atoms with Gasteiger partial charge in [-0.2, -0.15) is 0 Å². The van der Waals surface area contributed by atoms with Gasteiger partial charge in [0.15, 0.2) is 0 Å². The lowest BCUT2D eigenvalue weighted by Crippen LogP contribution is -1.96. The number of carbonyl (C=O) groups excluding carboxylic acids is 1. The summed E-state index contributed by atoms with van der Waals surface area (Å²) in [5, 5.41) is 0. The van der Waals surface area contributed by atoms with E-state index in [1.54, 1.807) is 6.92 Å². The SMILES string of the molecule is CC(=O)CC1=CCC=C1C1=CC(c2ccccc2)=CC1. The van der Waals surface area contributed by atoms with Gasteiger partial charge in [0.05, 0.1) is 0 Å². The Hall–Kier alpha value is -2.15. The van der Waals surface area contributed by atoms with Gasteiger partial charge in [-0.15, -0.1) is 0 Å². The maximum atomic E-state index is 11.3. The highest BCUT2D eigenvalue weighted by atomic mass is 16.1. The van der Waals surface area contributed by atoms with Gasteiger partial charge in [-0.3, -0.25) is 4.79 Å². The molecule has 1 aromatic carbocycles. The van der Waals surface area contributed by atoms with Crippen LogP contribution in [-0.4, -0.2) is 5.78 Å². The summed E-state index contributed by atoms with van der Waals surface area (Å²) in [6.07, 6.45) is 11.4. The second-order valence-corrected chi connectivity index (χ2v) is 5.36. The topological polar surface area (TPSA) is 17.1 Å². The molecule has 3 rings (SSSR count). The van der Waals surface area contributed by atoms with Gasteiger partial charge in [-0.25, -0.2) is 0 Å². The molecule has 1 heteroatoms. The van der Waals surface area contributed by atoms with Crippen molar-refractivity contribution in [3.63, 3.8) is 0 Å². The summed E-state index contributed by atoms with van der Waals surface area (Å²) in [6.45, 7) is 1.66. The highest BCUT2D eigenvalue weighted by molar-refractivity contribution is 5.83. The van der Waals surface area contributed by atoms with Crippen molar-refractivity contribution in [2.24, 2.45) is 0 Å². The van der Waals surface area contributed by atoms with Gasteiger partial charge in [-0.05, 0) is 47.6 Å². The average molecular weight is 262 g/mol. The zero-order chi connectivity index (χ0) is 13.9. The van der Waals surface area contributed by atoms with Crippen LogP contribution in [0.5, 0.6) is 0 Å². The zero-order valence-electron chi connectivity index (χ0n) is 11.7. The van der Waals surface area contributed by atoms with Gasteiger partial charge >= 0.3 is 0 Å². The van der Waals surface area contributed by atoms with Crippen LogP contribution in [0.3, 0.4) is 0 Å². The summed E-state index contributed by atoms with van der Waals surface area (Å²) in [5.74, 6) is 0.235. The van der Waals surface area contributed by atoms with E-state index in [2.05, 4.69) is 48.6 Å².